The van der Waals surface area contributed by atoms with Gasteiger partial charge < -0.3 is 4.74 Å². The summed E-state index contributed by atoms with van der Waals surface area (Å²) in [4.78, 5) is 0. The molecule has 3 aliphatic rings. The van der Waals surface area contributed by atoms with Crippen molar-refractivity contribution in [3.8, 4) is 11.1 Å². The molecule has 2 atom stereocenters. The van der Waals surface area contributed by atoms with Gasteiger partial charge in [0.1, 0.15) is 5.76 Å². The Morgan fingerprint density at radius 1 is 1.09 bits per heavy atom. The van der Waals surface area contributed by atoms with Crippen molar-refractivity contribution in [2.45, 2.75) is 44.9 Å². The summed E-state index contributed by atoms with van der Waals surface area (Å²) in [6.07, 6.45) is 6.47. The zero-order chi connectivity index (χ0) is 23.8. The molecule has 1 fully saturated rings. The molecular weight excluding hydrogens is 421 g/mol. The van der Waals surface area contributed by atoms with Crippen LogP contribution in [0.1, 0.15) is 43.7 Å². The normalized spacial score (nSPS) is 23.8. The van der Waals surface area contributed by atoms with Gasteiger partial charge in [0.25, 0.3) is 0 Å². The maximum absolute atomic E-state index is 15.8. The Kier molecular flexibility index (Phi) is 6.38. The van der Waals surface area contributed by atoms with Crippen LogP contribution in [0.5, 0.6) is 0 Å². The molecule has 1 unspecified atom stereocenters. The molecule has 172 valence electrons. The van der Waals surface area contributed by atoms with Crippen molar-refractivity contribution < 1.29 is 17.9 Å². The van der Waals surface area contributed by atoms with Crippen LogP contribution in [-0.4, -0.2) is 6.61 Å². The lowest BCUT2D eigenvalue weighted by Gasteiger charge is -2.42. The standard InChI is InChI=1S/C29H29F3O/c1-5-33-20(4)26(30)25-19(3)8-9-21-14-16-29(25,17-15-21)24-13-12-23(27(31)28(24)32)22-10-6-18(2)7-11-22/h6-7,10-14,16,21H,3-5,8-9,15,17H2,1-2H3/b26-25+/t21?,29-/m0/s1. The molecule has 2 aromatic rings. The lowest BCUT2D eigenvalue weighted by atomic mass is 9.61. The number of rotatable bonds is 5. The van der Waals surface area contributed by atoms with Gasteiger partial charge in [0, 0.05) is 22.1 Å². The van der Waals surface area contributed by atoms with E-state index in [-0.39, 0.29) is 29.1 Å². The summed E-state index contributed by atoms with van der Waals surface area (Å²) in [6, 6.07) is 10.4. The number of benzene rings is 2. The highest BCUT2D eigenvalue weighted by Gasteiger charge is 2.44. The van der Waals surface area contributed by atoms with E-state index in [2.05, 4.69) is 13.2 Å². The number of hydrogen-bond donors (Lipinski definition) is 0. The molecule has 0 aliphatic heterocycles. The summed E-state index contributed by atoms with van der Waals surface area (Å²) in [5, 5.41) is 0. The lowest BCUT2D eigenvalue weighted by Crippen LogP contribution is -2.35. The molecule has 1 saturated carbocycles. The number of allylic oxidation sites excluding steroid dienone is 5. The van der Waals surface area contributed by atoms with Gasteiger partial charge >= 0.3 is 0 Å². The first kappa shape index (κ1) is 23.2. The Morgan fingerprint density at radius 3 is 2.45 bits per heavy atom. The van der Waals surface area contributed by atoms with Crippen LogP contribution in [0.3, 0.4) is 0 Å². The van der Waals surface area contributed by atoms with Crippen molar-refractivity contribution in [2.24, 2.45) is 5.92 Å². The van der Waals surface area contributed by atoms with Crippen molar-refractivity contribution in [2.75, 3.05) is 6.61 Å². The largest absolute Gasteiger partial charge is 0.491 e. The summed E-state index contributed by atoms with van der Waals surface area (Å²) >= 11 is 0. The van der Waals surface area contributed by atoms with E-state index in [9.17, 15) is 0 Å². The molecule has 0 N–H and O–H groups in total. The molecule has 0 saturated heterocycles. The second-order valence-electron chi connectivity index (χ2n) is 8.97. The van der Waals surface area contributed by atoms with Gasteiger partial charge in [0.05, 0.1) is 6.61 Å². The molecule has 1 nitrogen and oxygen atoms in total. The van der Waals surface area contributed by atoms with Gasteiger partial charge in [0.15, 0.2) is 17.5 Å². The van der Waals surface area contributed by atoms with Crippen LogP contribution in [0.15, 0.2) is 84.4 Å². The molecule has 3 aliphatic carbocycles. The third kappa shape index (κ3) is 4.07. The zero-order valence-electron chi connectivity index (χ0n) is 19.2. The van der Waals surface area contributed by atoms with E-state index in [4.69, 9.17) is 4.74 Å². The molecule has 2 bridgehead atoms. The number of hydrogen-bond acceptors (Lipinski definition) is 1. The Hall–Kier alpha value is -3.01. The van der Waals surface area contributed by atoms with Crippen molar-refractivity contribution >= 4 is 0 Å². The van der Waals surface area contributed by atoms with Gasteiger partial charge in [-0.3, -0.25) is 0 Å². The van der Waals surface area contributed by atoms with E-state index in [0.717, 1.165) is 18.4 Å². The minimum atomic E-state index is -1.17. The Bertz CT molecular complexity index is 1160. The van der Waals surface area contributed by atoms with Crippen molar-refractivity contribution in [1.82, 2.24) is 0 Å². The summed E-state index contributed by atoms with van der Waals surface area (Å²) in [5.74, 6) is -2.33. The van der Waals surface area contributed by atoms with E-state index in [1.54, 1.807) is 31.2 Å². The number of fused-ring (bicyclic) bond motifs is 4. The summed E-state index contributed by atoms with van der Waals surface area (Å²) in [6.45, 7) is 11.8. The van der Waals surface area contributed by atoms with Gasteiger partial charge in [-0.15, -0.1) is 0 Å². The Morgan fingerprint density at radius 2 is 1.82 bits per heavy atom. The fourth-order valence-corrected chi connectivity index (χ4v) is 5.08. The van der Waals surface area contributed by atoms with E-state index in [1.807, 2.05) is 31.2 Å². The predicted molar refractivity (Wildman–Crippen MR) is 127 cm³/mol. The molecule has 2 aromatic carbocycles. The highest BCUT2D eigenvalue weighted by molar-refractivity contribution is 5.67. The van der Waals surface area contributed by atoms with Crippen LogP contribution in [0.2, 0.25) is 0 Å². The molecule has 0 amide bonds. The molecule has 4 heteroatoms. The summed E-state index contributed by atoms with van der Waals surface area (Å²) in [7, 11) is 0. The monoisotopic (exact) mass is 450 g/mol. The topological polar surface area (TPSA) is 9.23 Å². The summed E-state index contributed by atoms with van der Waals surface area (Å²) < 4.78 is 52.3. The second-order valence-corrected chi connectivity index (χ2v) is 8.97. The van der Waals surface area contributed by atoms with Gasteiger partial charge in [0.2, 0.25) is 0 Å². The third-order valence-corrected chi connectivity index (χ3v) is 6.89. The van der Waals surface area contributed by atoms with Crippen molar-refractivity contribution in [3.63, 3.8) is 0 Å². The number of halogens is 3. The highest BCUT2D eigenvalue weighted by Crippen LogP contribution is 2.52. The first-order chi connectivity index (χ1) is 15.8. The fourth-order valence-electron chi connectivity index (χ4n) is 5.08. The minimum Gasteiger partial charge on any atom is -0.491 e. The van der Waals surface area contributed by atoms with Gasteiger partial charge in [-0.05, 0) is 56.6 Å². The van der Waals surface area contributed by atoms with Crippen LogP contribution < -0.4 is 0 Å². The Labute approximate surface area is 194 Å². The number of aryl methyl sites for hydroxylation is 1. The van der Waals surface area contributed by atoms with E-state index in [0.29, 0.717) is 29.9 Å². The molecule has 33 heavy (non-hydrogen) atoms. The van der Waals surface area contributed by atoms with Crippen LogP contribution in [0.25, 0.3) is 11.1 Å². The Balaban J connectivity index is 1.93. The average molecular weight is 451 g/mol. The van der Waals surface area contributed by atoms with Gasteiger partial charge in [-0.2, -0.15) is 0 Å². The summed E-state index contributed by atoms with van der Waals surface area (Å²) in [5.41, 5.74) is 1.57. The van der Waals surface area contributed by atoms with Gasteiger partial charge in [-0.25, -0.2) is 13.2 Å². The molecule has 0 radical (unpaired) electrons. The van der Waals surface area contributed by atoms with Crippen LogP contribution in [0.4, 0.5) is 13.2 Å². The quantitative estimate of drug-likeness (QED) is 0.329. The molecule has 0 heterocycles. The number of ether oxygens (including phenoxy) is 1. The second kappa shape index (κ2) is 9.09. The highest BCUT2D eigenvalue weighted by atomic mass is 19.2. The maximum atomic E-state index is 15.8. The predicted octanol–water partition coefficient (Wildman–Crippen LogP) is 8.27. The third-order valence-electron chi connectivity index (χ3n) is 6.89. The van der Waals surface area contributed by atoms with Crippen LogP contribution in [0, 0.1) is 24.5 Å². The van der Waals surface area contributed by atoms with Crippen LogP contribution >= 0.6 is 0 Å². The molecule has 5 rings (SSSR count). The smallest absolute Gasteiger partial charge is 0.169 e. The average Bonchev–Trinajstić information content (AvgIpc) is 2.80. The first-order valence-electron chi connectivity index (χ1n) is 11.4. The van der Waals surface area contributed by atoms with Crippen molar-refractivity contribution in [1.29, 1.82) is 0 Å². The fraction of sp³-hybridized carbons (Fsp3) is 0.310. The zero-order valence-corrected chi connectivity index (χ0v) is 19.2. The van der Waals surface area contributed by atoms with E-state index >= 15 is 13.2 Å². The van der Waals surface area contributed by atoms with E-state index in [1.165, 1.54) is 0 Å². The minimum absolute atomic E-state index is 0.110. The van der Waals surface area contributed by atoms with E-state index < -0.39 is 22.9 Å². The maximum Gasteiger partial charge on any atom is 0.169 e. The first-order valence-corrected chi connectivity index (χ1v) is 11.4. The molecular formula is C29H29F3O. The van der Waals surface area contributed by atoms with Gasteiger partial charge in [-0.1, -0.05) is 67.3 Å². The molecule has 0 spiro atoms. The molecule has 0 aromatic heterocycles. The van der Waals surface area contributed by atoms with Crippen LogP contribution in [-0.2, 0) is 10.2 Å². The lowest BCUT2D eigenvalue weighted by molar-refractivity contribution is 0.224. The van der Waals surface area contributed by atoms with Crippen molar-refractivity contribution in [3.05, 3.63) is 107 Å². The SMILES string of the molecule is C=C(OCC)/C(F)=C1/C(=C)CCC2C=C[C@@]1(c1ccc(-c3ccc(C)cc3)c(F)c1F)CC2.